The van der Waals surface area contributed by atoms with Gasteiger partial charge in [-0.1, -0.05) is 29.8 Å². The zero-order valence-corrected chi connectivity index (χ0v) is 14.4. The van der Waals surface area contributed by atoms with E-state index >= 15 is 0 Å². The second-order valence-corrected chi connectivity index (χ2v) is 7.20. The lowest BCUT2D eigenvalue weighted by Gasteiger charge is -2.23. The fourth-order valence-electron chi connectivity index (χ4n) is 4.06. The third-order valence-corrected chi connectivity index (χ3v) is 5.43. The molecule has 1 aromatic carbocycles. The Hall–Kier alpha value is -2.56. The third-order valence-electron chi connectivity index (χ3n) is 5.43. The first-order valence-electron chi connectivity index (χ1n) is 8.75. The fraction of sp³-hybridized carbons (Fsp3) is 0.400. The molecule has 3 heterocycles. The zero-order chi connectivity index (χ0) is 17.4. The molecular weight excluding hydrogens is 316 g/mol. The molecule has 0 bridgehead atoms. The monoisotopic (exact) mass is 338 g/mol. The first-order valence-corrected chi connectivity index (χ1v) is 8.75. The molecule has 0 aliphatic carbocycles. The summed E-state index contributed by atoms with van der Waals surface area (Å²) in [5.41, 5.74) is 1.95. The molecule has 2 amide bonds. The Bertz CT molecular complexity index is 799. The van der Waals surface area contributed by atoms with Gasteiger partial charge in [-0.2, -0.15) is 0 Å². The number of likely N-dealkylation sites (tertiary alicyclic amines) is 2. The minimum atomic E-state index is -0.411. The summed E-state index contributed by atoms with van der Waals surface area (Å²) in [6.45, 7) is 4.58. The standard InChI is InChI=1S/C20H22N2O3/c1-15-4-2-5-16(12-15)13-21-9-7-20(19(21)24)8-10-22(14-20)18(23)17-6-3-11-25-17/h2-6,11-12H,7-10,13-14H2,1H3/t20-/m0/s1. The summed E-state index contributed by atoms with van der Waals surface area (Å²) in [5, 5.41) is 0. The number of furan rings is 1. The summed E-state index contributed by atoms with van der Waals surface area (Å²) in [7, 11) is 0. The summed E-state index contributed by atoms with van der Waals surface area (Å²) in [4.78, 5) is 29.2. The van der Waals surface area contributed by atoms with E-state index in [9.17, 15) is 9.59 Å². The number of rotatable bonds is 3. The largest absolute Gasteiger partial charge is 0.459 e. The maximum absolute atomic E-state index is 13.0. The minimum absolute atomic E-state index is 0.119. The molecule has 2 aromatic rings. The van der Waals surface area contributed by atoms with E-state index in [2.05, 4.69) is 25.1 Å². The molecular formula is C20H22N2O3. The van der Waals surface area contributed by atoms with Crippen molar-refractivity contribution in [1.82, 2.24) is 9.80 Å². The van der Waals surface area contributed by atoms with Gasteiger partial charge in [0, 0.05) is 26.2 Å². The lowest BCUT2D eigenvalue weighted by atomic mass is 9.85. The van der Waals surface area contributed by atoms with Crippen molar-refractivity contribution in [1.29, 1.82) is 0 Å². The number of aryl methyl sites for hydroxylation is 1. The van der Waals surface area contributed by atoms with Gasteiger partial charge in [-0.3, -0.25) is 9.59 Å². The Balaban J connectivity index is 1.45. The second kappa shape index (κ2) is 6.06. The zero-order valence-electron chi connectivity index (χ0n) is 14.4. The van der Waals surface area contributed by atoms with Crippen LogP contribution in [0.2, 0.25) is 0 Å². The highest BCUT2D eigenvalue weighted by Gasteiger charge is 2.51. The summed E-state index contributed by atoms with van der Waals surface area (Å²) in [6.07, 6.45) is 3.06. The number of carbonyl (C=O) groups excluding carboxylic acids is 2. The lowest BCUT2D eigenvalue weighted by Crippen LogP contribution is -2.38. The van der Waals surface area contributed by atoms with E-state index in [1.54, 1.807) is 17.0 Å². The summed E-state index contributed by atoms with van der Waals surface area (Å²) in [6, 6.07) is 11.7. The summed E-state index contributed by atoms with van der Waals surface area (Å²) >= 11 is 0. The van der Waals surface area contributed by atoms with Crippen LogP contribution in [0, 0.1) is 12.3 Å². The highest BCUT2D eigenvalue weighted by atomic mass is 16.3. The van der Waals surface area contributed by atoms with E-state index in [-0.39, 0.29) is 11.8 Å². The first kappa shape index (κ1) is 15.9. The molecule has 130 valence electrons. The van der Waals surface area contributed by atoms with Crippen LogP contribution in [0.3, 0.4) is 0 Å². The van der Waals surface area contributed by atoms with E-state index in [4.69, 9.17) is 4.42 Å². The minimum Gasteiger partial charge on any atom is -0.459 e. The van der Waals surface area contributed by atoms with Gasteiger partial charge in [0.2, 0.25) is 5.91 Å². The fourth-order valence-corrected chi connectivity index (χ4v) is 4.06. The van der Waals surface area contributed by atoms with Crippen LogP contribution in [0.5, 0.6) is 0 Å². The number of benzene rings is 1. The number of hydrogen-bond acceptors (Lipinski definition) is 3. The first-order chi connectivity index (χ1) is 12.1. The van der Waals surface area contributed by atoms with Crippen LogP contribution in [0.15, 0.2) is 47.1 Å². The van der Waals surface area contributed by atoms with E-state index < -0.39 is 5.41 Å². The van der Waals surface area contributed by atoms with Gasteiger partial charge in [-0.05, 0) is 37.5 Å². The van der Waals surface area contributed by atoms with Crippen molar-refractivity contribution in [3.63, 3.8) is 0 Å². The molecule has 2 fully saturated rings. The van der Waals surface area contributed by atoms with Crippen LogP contribution in [-0.2, 0) is 11.3 Å². The molecule has 1 spiro atoms. The van der Waals surface area contributed by atoms with E-state index in [0.29, 0.717) is 25.4 Å². The maximum atomic E-state index is 13.0. The van der Waals surface area contributed by atoms with Crippen LogP contribution in [0.1, 0.15) is 34.5 Å². The smallest absolute Gasteiger partial charge is 0.289 e. The molecule has 2 saturated heterocycles. The molecule has 2 aliphatic heterocycles. The van der Waals surface area contributed by atoms with Gasteiger partial charge in [-0.15, -0.1) is 0 Å². The number of carbonyl (C=O) groups is 2. The van der Waals surface area contributed by atoms with Gasteiger partial charge in [0.25, 0.3) is 5.91 Å². The highest BCUT2D eigenvalue weighted by molar-refractivity contribution is 5.93. The van der Waals surface area contributed by atoms with Gasteiger partial charge < -0.3 is 14.2 Å². The van der Waals surface area contributed by atoms with Crippen molar-refractivity contribution in [2.75, 3.05) is 19.6 Å². The van der Waals surface area contributed by atoms with Crippen molar-refractivity contribution in [3.05, 3.63) is 59.5 Å². The Kier molecular flexibility index (Phi) is 3.86. The molecule has 4 rings (SSSR count). The van der Waals surface area contributed by atoms with Gasteiger partial charge >= 0.3 is 0 Å². The van der Waals surface area contributed by atoms with Gasteiger partial charge in [0.15, 0.2) is 5.76 Å². The Morgan fingerprint density at radius 2 is 2.04 bits per heavy atom. The second-order valence-electron chi connectivity index (χ2n) is 7.20. The molecule has 1 atom stereocenters. The highest BCUT2D eigenvalue weighted by Crippen LogP contribution is 2.41. The van der Waals surface area contributed by atoms with Crippen LogP contribution in [-0.4, -0.2) is 41.2 Å². The molecule has 2 aliphatic rings. The molecule has 0 saturated carbocycles. The molecule has 0 N–H and O–H groups in total. The van der Waals surface area contributed by atoms with Crippen molar-refractivity contribution in [2.45, 2.75) is 26.3 Å². The third kappa shape index (κ3) is 2.84. The SMILES string of the molecule is Cc1cccc(CN2CC[C@@]3(CCN(C(=O)c4ccco4)C3)C2=O)c1. The summed E-state index contributed by atoms with van der Waals surface area (Å²) < 4.78 is 5.21. The maximum Gasteiger partial charge on any atom is 0.289 e. The van der Waals surface area contributed by atoms with Crippen molar-refractivity contribution in [3.8, 4) is 0 Å². The molecule has 1 aromatic heterocycles. The van der Waals surface area contributed by atoms with Crippen LogP contribution in [0.25, 0.3) is 0 Å². The van der Waals surface area contributed by atoms with Crippen molar-refractivity contribution in [2.24, 2.45) is 5.41 Å². The van der Waals surface area contributed by atoms with E-state index in [0.717, 1.165) is 24.9 Å². The quantitative estimate of drug-likeness (QED) is 0.865. The average molecular weight is 338 g/mol. The molecule has 5 nitrogen and oxygen atoms in total. The lowest BCUT2D eigenvalue weighted by molar-refractivity contribution is -0.135. The van der Waals surface area contributed by atoms with Crippen LogP contribution < -0.4 is 0 Å². The van der Waals surface area contributed by atoms with E-state index in [1.165, 1.54) is 11.8 Å². The Labute approximate surface area is 147 Å². The molecule has 0 radical (unpaired) electrons. The Morgan fingerprint density at radius 1 is 1.20 bits per heavy atom. The number of nitrogens with zero attached hydrogens (tertiary/aromatic N) is 2. The summed E-state index contributed by atoms with van der Waals surface area (Å²) in [5.74, 6) is 0.412. The topological polar surface area (TPSA) is 53.8 Å². The van der Waals surface area contributed by atoms with Crippen molar-refractivity contribution >= 4 is 11.8 Å². The molecule has 0 unspecified atom stereocenters. The predicted molar refractivity (Wildman–Crippen MR) is 92.9 cm³/mol. The average Bonchev–Trinajstić information content (AvgIpc) is 3.33. The number of amides is 2. The Morgan fingerprint density at radius 3 is 2.80 bits per heavy atom. The van der Waals surface area contributed by atoms with Gasteiger partial charge in [0.05, 0.1) is 11.7 Å². The van der Waals surface area contributed by atoms with Crippen molar-refractivity contribution < 1.29 is 14.0 Å². The van der Waals surface area contributed by atoms with Crippen LogP contribution in [0.4, 0.5) is 0 Å². The normalized spacial score (nSPS) is 23.0. The predicted octanol–water partition coefficient (Wildman–Crippen LogP) is 2.85. The number of hydrogen-bond donors (Lipinski definition) is 0. The van der Waals surface area contributed by atoms with Crippen LogP contribution >= 0.6 is 0 Å². The van der Waals surface area contributed by atoms with Gasteiger partial charge in [-0.25, -0.2) is 0 Å². The van der Waals surface area contributed by atoms with Gasteiger partial charge in [0.1, 0.15) is 0 Å². The molecule has 5 heteroatoms. The van der Waals surface area contributed by atoms with E-state index in [1.807, 2.05) is 11.0 Å². The molecule has 25 heavy (non-hydrogen) atoms.